The van der Waals surface area contributed by atoms with E-state index >= 15 is 0 Å². The lowest BCUT2D eigenvalue weighted by Gasteiger charge is -2.28. The predicted molar refractivity (Wildman–Crippen MR) is 97.6 cm³/mol. The quantitative estimate of drug-likeness (QED) is 0.816. The van der Waals surface area contributed by atoms with E-state index in [1.54, 1.807) is 10.9 Å². The highest BCUT2D eigenvalue weighted by atomic mass is 16.5. The van der Waals surface area contributed by atoms with Crippen molar-refractivity contribution in [3.05, 3.63) is 18.0 Å². The highest BCUT2D eigenvalue weighted by Gasteiger charge is 2.21. The van der Waals surface area contributed by atoms with Gasteiger partial charge in [0.2, 0.25) is 0 Å². The van der Waals surface area contributed by atoms with Crippen LogP contribution in [0.25, 0.3) is 11.0 Å². The predicted octanol–water partition coefficient (Wildman–Crippen LogP) is 2.99. The molecule has 2 atom stereocenters. The van der Waals surface area contributed by atoms with Gasteiger partial charge in [-0.05, 0) is 31.7 Å². The lowest BCUT2D eigenvalue weighted by Crippen LogP contribution is -2.34. The van der Waals surface area contributed by atoms with Crippen molar-refractivity contribution >= 4 is 22.8 Å². The van der Waals surface area contributed by atoms with Gasteiger partial charge in [0.1, 0.15) is 0 Å². The average Bonchev–Trinajstić information content (AvgIpc) is 2.87. The van der Waals surface area contributed by atoms with E-state index in [0.717, 1.165) is 23.1 Å². The molecule has 2 aromatic rings. The summed E-state index contributed by atoms with van der Waals surface area (Å²) in [6.07, 6.45) is 6.88. The highest BCUT2D eigenvalue weighted by molar-refractivity contribution is 5.91. The van der Waals surface area contributed by atoms with Crippen molar-refractivity contribution in [3.63, 3.8) is 0 Å². The van der Waals surface area contributed by atoms with Gasteiger partial charge in [-0.15, -0.1) is 0 Å². The number of hydrogen-bond acceptors (Lipinski definition) is 4. The molecular weight excluding hydrogens is 318 g/mol. The van der Waals surface area contributed by atoms with Crippen LogP contribution in [0.3, 0.4) is 0 Å². The zero-order valence-electron chi connectivity index (χ0n) is 15.2. The van der Waals surface area contributed by atoms with Gasteiger partial charge in [-0.25, -0.2) is 9.78 Å². The molecule has 2 aromatic heterocycles. The lowest BCUT2D eigenvalue weighted by atomic mass is 9.88. The Bertz CT molecular complexity index is 742. The summed E-state index contributed by atoms with van der Waals surface area (Å²) in [5.74, 6) is 0.614. The molecule has 0 unspecified atom stereocenters. The van der Waals surface area contributed by atoms with Crippen LogP contribution in [0.4, 0.5) is 10.5 Å². The van der Waals surface area contributed by atoms with Crippen LogP contribution in [-0.4, -0.2) is 40.1 Å². The van der Waals surface area contributed by atoms with Crippen LogP contribution in [0.15, 0.2) is 12.3 Å². The molecule has 2 amide bonds. The number of pyridine rings is 1. The van der Waals surface area contributed by atoms with Gasteiger partial charge >= 0.3 is 6.03 Å². The third-order valence-corrected chi connectivity index (χ3v) is 4.87. The number of nitrogens with zero attached hydrogens (tertiary/aromatic N) is 3. The van der Waals surface area contributed by atoms with E-state index in [2.05, 4.69) is 27.6 Å². The van der Waals surface area contributed by atoms with Crippen LogP contribution in [0.2, 0.25) is 0 Å². The number of urea groups is 1. The number of amides is 2. The smallest absolute Gasteiger partial charge is 0.319 e. The number of hydrogen-bond donors (Lipinski definition) is 2. The maximum Gasteiger partial charge on any atom is 0.319 e. The minimum atomic E-state index is -0.247. The Morgan fingerprint density at radius 3 is 3.00 bits per heavy atom. The van der Waals surface area contributed by atoms with Crippen molar-refractivity contribution in [2.75, 3.05) is 18.5 Å². The minimum absolute atomic E-state index is 0.247. The topological polar surface area (TPSA) is 81.1 Å². The molecule has 1 saturated carbocycles. The summed E-state index contributed by atoms with van der Waals surface area (Å²) in [7, 11) is 1.86. The number of anilines is 1. The summed E-state index contributed by atoms with van der Waals surface area (Å²) < 4.78 is 7.64. The SMILES string of the molecule is Cc1nn(C)c2ncc(NC(=O)NCCO[C@H]3CCCC[C@@H]3C)cc12. The van der Waals surface area contributed by atoms with E-state index in [1.165, 1.54) is 19.3 Å². The van der Waals surface area contributed by atoms with Crippen LogP contribution in [0.1, 0.15) is 38.3 Å². The molecule has 2 N–H and O–H groups in total. The number of aromatic nitrogens is 3. The van der Waals surface area contributed by atoms with Crippen molar-refractivity contribution in [2.24, 2.45) is 13.0 Å². The first kappa shape index (κ1) is 17.7. The Morgan fingerprint density at radius 2 is 2.20 bits per heavy atom. The molecule has 25 heavy (non-hydrogen) atoms. The Kier molecular flexibility index (Phi) is 5.53. The van der Waals surface area contributed by atoms with E-state index in [4.69, 9.17) is 4.74 Å². The Morgan fingerprint density at radius 1 is 1.40 bits per heavy atom. The second kappa shape index (κ2) is 7.82. The summed E-state index contributed by atoms with van der Waals surface area (Å²) in [6.45, 7) is 5.21. The van der Waals surface area contributed by atoms with Crippen molar-refractivity contribution in [3.8, 4) is 0 Å². The maximum absolute atomic E-state index is 12.0. The summed E-state index contributed by atoms with van der Waals surface area (Å²) in [6, 6.07) is 1.65. The fraction of sp³-hybridized carbons (Fsp3) is 0.611. The molecule has 0 radical (unpaired) electrons. The summed E-state index contributed by atoms with van der Waals surface area (Å²) >= 11 is 0. The second-order valence-corrected chi connectivity index (χ2v) is 6.86. The molecular formula is C18H27N5O2. The monoisotopic (exact) mass is 345 g/mol. The highest BCUT2D eigenvalue weighted by Crippen LogP contribution is 2.26. The van der Waals surface area contributed by atoms with Gasteiger partial charge in [-0.1, -0.05) is 19.8 Å². The second-order valence-electron chi connectivity index (χ2n) is 6.86. The Hall–Kier alpha value is -2.15. The summed E-state index contributed by atoms with van der Waals surface area (Å²) in [4.78, 5) is 16.4. The van der Waals surface area contributed by atoms with Gasteiger partial charge < -0.3 is 15.4 Å². The molecule has 136 valence electrons. The fourth-order valence-corrected chi connectivity index (χ4v) is 3.46. The number of carbonyl (C=O) groups excluding carboxylic acids is 1. The fourth-order valence-electron chi connectivity index (χ4n) is 3.46. The van der Waals surface area contributed by atoms with Gasteiger partial charge in [0.05, 0.1) is 30.3 Å². The summed E-state index contributed by atoms with van der Waals surface area (Å²) in [5.41, 5.74) is 2.35. The van der Waals surface area contributed by atoms with E-state index in [0.29, 0.717) is 30.9 Å². The molecule has 2 heterocycles. The number of aryl methyl sites for hydroxylation is 2. The molecule has 1 fully saturated rings. The number of nitrogens with one attached hydrogen (secondary N) is 2. The average molecular weight is 345 g/mol. The molecule has 3 rings (SSSR count). The van der Waals surface area contributed by atoms with Gasteiger partial charge in [0, 0.05) is 19.0 Å². The van der Waals surface area contributed by atoms with E-state index in [1.807, 2.05) is 20.0 Å². The van der Waals surface area contributed by atoms with E-state index < -0.39 is 0 Å². The van der Waals surface area contributed by atoms with Crippen LogP contribution < -0.4 is 10.6 Å². The molecule has 0 spiro atoms. The zero-order chi connectivity index (χ0) is 17.8. The van der Waals surface area contributed by atoms with Crippen molar-refractivity contribution in [1.82, 2.24) is 20.1 Å². The molecule has 7 nitrogen and oxygen atoms in total. The van der Waals surface area contributed by atoms with Crippen LogP contribution >= 0.6 is 0 Å². The molecule has 0 bridgehead atoms. The van der Waals surface area contributed by atoms with Gasteiger partial charge in [0.25, 0.3) is 0 Å². The van der Waals surface area contributed by atoms with Crippen LogP contribution in [0.5, 0.6) is 0 Å². The van der Waals surface area contributed by atoms with Gasteiger partial charge in [0.15, 0.2) is 5.65 Å². The van der Waals surface area contributed by atoms with Gasteiger partial charge in [-0.3, -0.25) is 4.68 Å². The number of carbonyl (C=O) groups is 1. The van der Waals surface area contributed by atoms with E-state index in [9.17, 15) is 4.79 Å². The minimum Gasteiger partial charge on any atom is -0.376 e. The molecule has 1 aliphatic carbocycles. The maximum atomic E-state index is 12.0. The van der Waals surface area contributed by atoms with Crippen molar-refractivity contribution in [1.29, 1.82) is 0 Å². The molecule has 0 aliphatic heterocycles. The Labute approximate surface area is 148 Å². The molecule has 0 aromatic carbocycles. The number of ether oxygens (including phenoxy) is 1. The third kappa shape index (κ3) is 4.28. The molecule has 0 saturated heterocycles. The first-order valence-corrected chi connectivity index (χ1v) is 9.00. The first-order chi connectivity index (χ1) is 12.0. The van der Waals surface area contributed by atoms with Crippen LogP contribution in [0, 0.1) is 12.8 Å². The molecule has 7 heteroatoms. The molecule has 1 aliphatic rings. The van der Waals surface area contributed by atoms with Crippen molar-refractivity contribution in [2.45, 2.75) is 45.6 Å². The number of fused-ring (bicyclic) bond motifs is 1. The number of rotatable bonds is 5. The third-order valence-electron chi connectivity index (χ3n) is 4.87. The normalized spacial score (nSPS) is 20.6. The van der Waals surface area contributed by atoms with Gasteiger partial charge in [-0.2, -0.15) is 5.10 Å². The van der Waals surface area contributed by atoms with Crippen molar-refractivity contribution < 1.29 is 9.53 Å². The van der Waals surface area contributed by atoms with E-state index in [-0.39, 0.29) is 6.03 Å². The van der Waals surface area contributed by atoms with Crippen LogP contribution in [-0.2, 0) is 11.8 Å². The first-order valence-electron chi connectivity index (χ1n) is 9.00. The summed E-state index contributed by atoms with van der Waals surface area (Å²) in [5, 5.41) is 10.9. The largest absolute Gasteiger partial charge is 0.376 e. The zero-order valence-corrected chi connectivity index (χ0v) is 15.2. The lowest BCUT2D eigenvalue weighted by molar-refractivity contribution is -0.00232. The Balaban J connectivity index is 1.45. The standard InChI is InChI=1S/C18H27N5O2/c1-12-6-4-5-7-16(12)25-9-8-19-18(24)21-14-10-15-13(2)22-23(3)17(15)20-11-14/h10-12,16H,4-9H2,1-3H3,(H2,19,21,24)/t12-,16-/m0/s1.